The molecule has 76 valence electrons. The number of benzene rings is 2. The zero-order valence-corrected chi connectivity index (χ0v) is 8.27. The van der Waals surface area contributed by atoms with Crippen LogP contribution >= 0.6 is 0 Å². The zero-order valence-electron chi connectivity index (χ0n) is 8.27. The predicted molar refractivity (Wildman–Crippen MR) is 65.1 cm³/mol. The standard InChI is InChI=1S/C12H13N3/c13-9-3-1-8(2-4-9)11-6-5-10(14)7-12(11)15/h1-7H,13-15H2. The molecule has 0 unspecified atom stereocenters. The second-order valence-electron chi connectivity index (χ2n) is 3.47. The first-order valence-corrected chi connectivity index (χ1v) is 4.68. The highest BCUT2D eigenvalue weighted by Gasteiger charge is 2.02. The maximum absolute atomic E-state index is 5.88. The van der Waals surface area contributed by atoms with Crippen molar-refractivity contribution < 1.29 is 0 Å². The van der Waals surface area contributed by atoms with E-state index in [4.69, 9.17) is 17.2 Å². The lowest BCUT2D eigenvalue weighted by molar-refractivity contribution is 1.60. The van der Waals surface area contributed by atoms with Gasteiger partial charge in [-0.15, -0.1) is 0 Å². The smallest absolute Gasteiger partial charge is 0.0414 e. The zero-order chi connectivity index (χ0) is 10.8. The highest BCUT2D eigenvalue weighted by atomic mass is 14.6. The number of nitrogen functional groups attached to an aromatic ring is 3. The van der Waals surface area contributed by atoms with E-state index in [0.29, 0.717) is 11.4 Å². The van der Waals surface area contributed by atoms with Crippen molar-refractivity contribution >= 4 is 17.1 Å². The van der Waals surface area contributed by atoms with E-state index in [2.05, 4.69) is 0 Å². The lowest BCUT2D eigenvalue weighted by Crippen LogP contribution is -1.93. The van der Waals surface area contributed by atoms with Crippen molar-refractivity contribution in [2.24, 2.45) is 0 Å². The Morgan fingerprint density at radius 1 is 0.667 bits per heavy atom. The summed E-state index contributed by atoms with van der Waals surface area (Å²) >= 11 is 0. The highest BCUT2D eigenvalue weighted by molar-refractivity contribution is 5.79. The van der Waals surface area contributed by atoms with Gasteiger partial charge >= 0.3 is 0 Å². The monoisotopic (exact) mass is 199 g/mol. The topological polar surface area (TPSA) is 78.1 Å². The number of rotatable bonds is 1. The third kappa shape index (κ3) is 1.86. The molecular formula is C12H13N3. The fourth-order valence-electron chi connectivity index (χ4n) is 1.51. The predicted octanol–water partition coefficient (Wildman–Crippen LogP) is 2.10. The molecule has 15 heavy (non-hydrogen) atoms. The minimum Gasteiger partial charge on any atom is -0.399 e. The second-order valence-corrected chi connectivity index (χ2v) is 3.47. The molecule has 0 amide bonds. The van der Waals surface area contributed by atoms with E-state index in [0.717, 1.165) is 16.8 Å². The molecule has 0 radical (unpaired) electrons. The van der Waals surface area contributed by atoms with Crippen molar-refractivity contribution in [1.82, 2.24) is 0 Å². The van der Waals surface area contributed by atoms with Gasteiger partial charge in [-0.2, -0.15) is 0 Å². The van der Waals surface area contributed by atoms with E-state index >= 15 is 0 Å². The Bertz CT molecular complexity index is 475. The molecule has 0 atom stereocenters. The SMILES string of the molecule is Nc1ccc(-c2ccc(N)cc2N)cc1. The lowest BCUT2D eigenvalue weighted by atomic mass is 10.0. The van der Waals surface area contributed by atoms with Gasteiger partial charge in [0.05, 0.1) is 0 Å². The fraction of sp³-hybridized carbons (Fsp3) is 0. The molecule has 0 bridgehead atoms. The molecule has 0 aliphatic carbocycles. The number of hydrogen-bond acceptors (Lipinski definition) is 3. The van der Waals surface area contributed by atoms with Crippen LogP contribution < -0.4 is 17.2 Å². The molecule has 3 heteroatoms. The van der Waals surface area contributed by atoms with Crippen LogP contribution in [0.2, 0.25) is 0 Å². The third-order valence-corrected chi connectivity index (χ3v) is 2.30. The first kappa shape index (κ1) is 9.40. The van der Waals surface area contributed by atoms with Crippen molar-refractivity contribution in [3.63, 3.8) is 0 Å². The van der Waals surface area contributed by atoms with E-state index in [-0.39, 0.29) is 0 Å². The summed E-state index contributed by atoms with van der Waals surface area (Å²) in [5.41, 5.74) is 21.2. The Labute approximate surface area is 88.5 Å². The fourth-order valence-corrected chi connectivity index (χ4v) is 1.51. The first-order valence-electron chi connectivity index (χ1n) is 4.68. The minimum atomic E-state index is 0.673. The van der Waals surface area contributed by atoms with E-state index < -0.39 is 0 Å². The highest BCUT2D eigenvalue weighted by Crippen LogP contribution is 2.27. The summed E-state index contributed by atoms with van der Waals surface area (Å²) in [6, 6.07) is 13.1. The van der Waals surface area contributed by atoms with Crippen LogP contribution in [0.15, 0.2) is 42.5 Å². The Kier molecular flexibility index (Phi) is 2.21. The van der Waals surface area contributed by atoms with Crippen LogP contribution in [0.3, 0.4) is 0 Å². The molecule has 2 rings (SSSR count). The summed E-state index contributed by atoms with van der Waals surface area (Å²) in [5, 5.41) is 0. The van der Waals surface area contributed by atoms with Crippen LogP contribution in [0.1, 0.15) is 0 Å². The van der Waals surface area contributed by atoms with Crippen LogP contribution in [0.5, 0.6) is 0 Å². The van der Waals surface area contributed by atoms with E-state index in [1.165, 1.54) is 0 Å². The molecule has 0 spiro atoms. The molecule has 0 saturated heterocycles. The van der Waals surface area contributed by atoms with Crippen molar-refractivity contribution in [2.75, 3.05) is 17.2 Å². The van der Waals surface area contributed by atoms with Gasteiger partial charge in [0.25, 0.3) is 0 Å². The third-order valence-electron chi connectivity index (χ3n) is 2.30. The van der Waals surface area contributed by atoms with Crippen LogP contribution in [0, 0.1) is 0 Å². The van der Waals surface area contributed by atoms with Crippen molar-refractivity contribution in [1.29, 1.82) is 0 Å². The van der Waals surface area contributed by atoms with Gasteiger partial charge in [-0.05, 0) is 29.8 Å². The quantitative estimate of drug-likeness (QED) is 0.615. The average molecular weight is 199 g/mol. The van der Waals surface area contributed by atoms with Crippen LogP contribution in [0.25, 0.3) is 11.1 Å². The van der Waals surface area contributed by atoms with Crippen LogP contribution in [-0.2, 0) is 0 Å². The normalized spacial score (nSPS) is 10.1. The maximum atomic E-state index is 5.88. The molecule has 0 aromatic heterocycles. The van der Waals surface area contributed by atoms with Crippen molar-refractivity contribution in [3.05, 3.63) is 42.5 Å². The Morgan fingerprint density at radius 2 is 1.27 bits per heavy atom. The number of nitrogens with two attached hydrogens (primary N) is 3. The molecule has 3 nitrogen and oxygen atoms in total. The van der Waals surface area contributed by atoms with Gasteiger partial charge in [-0.1, -0.05) is 18.2 Å². The molecule has 0 saturated carbocycles. The molecular weight excluding hydrogens is 186 g/mol. The maximum Gasteiger partial charge on any atom is 0.0414 e. The summed E-state index contributed by atoms with van der Waals surface area (Å²) in [6.45, 7) is 0. The van der Waals surface area contributed by atoms with Gasteiger partial charge in [-0.25, -0.2) is 0 Å². The van der Waals surface area contributed by atoms with Gasteiger partial charge in [0.2, 0.25) is 0 Å². The summed E-state index contributed by atoms with van der Waals surface area (Å²) in [5.74, 6) is 0. The largest absolute Gasteiger partial charge is 0.399 e. The molecule has 6 N–H and O–H groups in total. The summed E-state index contributed by atoms with van der Waals surface area (Å²) < 4.78 is 0. The van der Waals surface area contributed by atoms with Gasteiger partial charge < -0.3 is 17.2 Å². The second kappa shape index (κ2) is 3.53. The summed E-state index contributed by atoms with van der Waals surface area (Å²) in [4.78, 5) is 0. The van der Waals surface area contributed by atoms with Crippen molar-refractivity contribution in [3.8, 4) is 11.1 Å². The van der Waals surface area contributed by atoms with Gasteiger partial charge in [0, 0.05) is 22.6 Å². The molecule has 2 aromatic rings. The van der Waals surface area contributed by atoms with Gasteiger partial charge in [0.15, 0.2) is 0 Å². The molecule has 0 aliphatic rings. The van der Waals surface area contributed by atoms with E-state index in [1.54, 1.807) is 6.07 Å². The number of anilines is 3. The Hall–Kier alpha value is -2.16. The van der Waals surface area contributed by atoms with Crippen molar-refractivity contribution in [2.45, 2.75) is 0 Å². The Balaban J connectivity index is 2.49. The molecule has 0 fully saturated rings. The van der Waals surface area contributed by atoms with Gasteiger partial charge in [-0.3, -0.25) is 0 Å². The van der Waals surface area contributed by atoms with E-state index in [1.807, 2.05) is 36.4 Å². The molecule has 0 aliphatic heterocycles. The summed E-state index contributed by atoms with van der Waals surface area (Å²) in [6.07, 6.45) is 0. The summed E-state index contributed by atoms with van der Waals surface area (Å²) in [7, 11) is 0. The molecule has 0 heterocycles. The van der Waals surface area contributed by atoms with E-state index in [9.17, 15) is 0 Å². The first-order chi connectivity index (χ1) is 7.16. The Morgan fingerprint density at radius 3 is 1.87 bits per heavy atom. The number of hydrogen-bond donors (Lipinski definition) is 3. The van der Waals surface area contributed by atoms with Gasteiger partial charge in [0.1, 0.15) is 0 Å². The average Bonchev–Trinajstić information content (AvgIpc) is 2.20. The molecule has 2 aromatic carbocycles. The minimum absolute atomic E-state index is 0.673. The van der Waals surface area contributed by atoms with Crippen LogP contribution in [-0.4, -0.2) is 0 Å². The van der Waals surface area contributed by atoms with Crippen LogP contribution in [0.4, 0.5) is 17.1 Å². The lowest BCUT2D eigenvalue weighted by Gasteiger charge is -2.06.